The Bertz CT molecular complexity index is 809. The number of thioether (sulfide) groups is 1. The third kappa shape index (κ3) is 11.5. The van der Waals surface area contributed by atoms with Crippen LogP contribution in [0.5, 0.6) is 11.5 Å². The topological polar surface area (TPSA) is 40.5 Å². The third-order valence-electron chi connectivity index (χ3n) is 5.08. The van der Waals surface area contributed by atoms with Gasteiger partial charge in [-0.2, -0.15) is 0 Å². The molecule has 0 aliphatic rings. The highest BCUT2D eigenvalue weighted by atomic mass is 32.2. The molecule has 2 nitrogen and oxygen atoms in total. The van der Waals surface area contributed by atoms with Crippen LogP contribution >= 0.6 is 11.8 Å². The molecule has 2 aromatic rings. The van der Waals surface area contributed by atoms with Crippen molar-refractivity contribution in [2.24, 2.45) is 0 Å². The van der Waals surface area contributed by atoms with Crippen LogP contribution < -0.4 is 0 Å². The summed E-state index contributed by atoms with van der Waals surface area (Å²) in [5.74, 6) is 15.5. The van der Waals surface area contributed by atoms with E-state index in [1.54, 1.807) is 23.9 Å². The second-order valence-electron chi connectivity index (χ2n) is 7.58. The highest BCUT2D eigenvalue weighted by Crippen LogP contribution is 2.19. The summed E-state index contributed by atoms with van der Waals surface area (Å²) in [5, 5.41) is 19.5. The van der Waals surface area contributed by atoms with E-state index in [-0.39, 0.29) is 0 Å². The van der Waals surface area contributed by atoms with Gasteiger partial charge >= 0.3 is 0 Å². The molecule has 164 valence electrons. The number of hydrogen-bond acceptors (Lipinski definition) is 3. The lowest BCUT2D eigenvalue weighted by molar-refractivity contribution is 0.466. The smallest absolute Gasteiger partial charge is 0.118 e. The van der Waals surface area contributed by atoms with Gasteiger partial charge in [0.1, 0.15) is 11.5 Å². The van der Waals surface area contributed by atoms with Crippen LogP contribution in [0.3, 0.4) is 0 Å². The standard InChI is InChI=1S/C28H34O2S/c29-27-21-13-11-19-25(27)17-9-5-1-3-7-15-23-31-24-16-8-4-2-6-10-18-26-20-12-14-22-28(26)30/h11-14,19-22,29-30H,1-6,9-10,17-18,23-24H2. The third-order valence-corrected chi connectivity index (χ3v) is 5.77. The second kappa shape index (κ2) is 16.2. The van der Waals surface area contributed by atoms with Crippen LogP contribution in [0.25, 0.3) is 0 Å². The van der Waals surface area contributed by atoms with Crippen molar-refractivity contribution in [3.05, 3.63) is 59.7 Å². The van der Waals surface area contributed by atoms with E-state index in [0.717, 1.165) is 86.8 Å². The normalized spacial score (nSPS) is 10.1. The van der Waals surface area contributed by atoms with Gasteiger partial charge in [0.05, 0.1) is 11.5 Å². The lowest BCUT2D eigenvalue weighted by Gasteiger charge is -2.03. The highest BCUT2D eigenvalue weighted by molar-refractivity contribution is 7.99. The Balaban J connectivity index is 1.38. The van der Waals surface area contributed by atoms with E-state index in [4.69, 9.17) is 0 Å². The maximum Gasteiger partial charge on any atom is 0.118 e. The second-order valence-corrected chi connectivity index (χ2v) is 8.56. The molecule has 0 aliphatic heterocycles. The molecule has 2 rings (SSSR count). The van der Waals surface area contributed by atoms with Crippen molar-refractivity contribution in [2.45, 2.75) is 64.2 Å². The molecule has 0 spiro atoms. The Morgan fingerprint density at radius 3 is 1.45 bits per heavy atom. The van der Waals surface area contributed by atoms with Gasteiger partial charge in [-0.25, -0.2) is 0 Å². The number of phenolic OH excluding ortho intramolecular Hbond substituents is 2. The lowest BCUT2D eigenvalue weighted by atomic mass is 10.1. The molecule has 0 fully saturated rings. The van der Waals surface area contributed by atoms with Crippen LogP contribution in [-0.4, -0.2) is 21.7 Å². The van der Waals surface area contributed by atoms with Crippen molar-refractivity contribution >= 4 is 11.8 Å². The maximum absolute atomic E-state index is 9.74. The van der Waals surface area contributed by atoms with Crippen molar-refractivity contribution in [3.63, 3.8) is 0 Å². The average Bonchev–Trinajstić information content (AvgIpc) is 2.78. The maximum atomic E-state index is 9.74. The Morgan fingerprint density at radius 1 is 0.548 bits per heavy atom. The average molecular weight is 435 g/mol. The lowest BCUT2D eigenvalue weighted by Crippen LogP contribution is -1.86. The predicted octanol–water partition coefficient (Wildman–Crippen LogP) is 6.74. The molecule has 0 unspecified atom stereocenters. The fraction of sp³-hybridized carbons (Fsp3) is 0.429. The zero-order valence-electron chi connectivity index (χ0n) is 18.4. The predicted molar refractivity (Wildman–Crippen MR) is 133 cm³/mol. The molecule has 2 aromatic carbocycles. The van der Waals surface area contributed by atoms with Gasteiger partial charge in [0.2, 0.25) is 0 Å². The van der Waals surface area contributed by atoms with E-state index >= 15 is 0 Å². The minimum atomic E-state index is 0.409. The summed E-state index contributed by atoms with van der Waals surface area (Å²) in [6.07, 6.45) is 10.5. The highest BCUT2D eigenvalue weighted by Gasteiger charge is 1.99. The summed E-state index contributed by atoms with van der Waals surface area (Å²) in [4.78, 5) is 0. The zero-order chi connectivity index (χ0) is 22.0. The summed E-state index contributed by atoms with van der Waals surface area (Å²) in [6, 6.07) is 15.2. The Labute approximate surface area is 192 Å². The van der Waals surface area contributed by atoms with Crippen molar-refractivity contribution in [1.82, 2.24) is 0 Å². The molecular formula is C28H34O2S. The first-order valence-electron chi connectivity index (χ1n) is 11.3. The van der Waals surface area contributed by atoms with E-state index in [2.05, 4.69) is 23.7 Å². The Hall–Kier alpha value is -2.49. The minimum absolute atomic E-state index is 0.409. The Kier molecular flexibility index (Phi) is 13.0. The van der Waals surface area contributed by atoms with Crippen LogP contribution in [0.1, 0.15) is 62.5 Å². The van der Waals surface area contributed by atoms with Gasteiger partial charge in [-0.05, 0) is 61.8 Å². The van der Waals surface area contributed by atoms with Gasteiger partial charge in [-0.15, -0.1) is 23.6 Å². The number of phenols is 2. The van der Waals surface area contributed by atoms with Crippen LogP contribution in [0, 0.1) is 23.7 Å². The van der Waals surface area contributed by atoms with Crippen LogP contribution in [-0.2, 0) is 12.8 Å². The van der Waals surface area contributed by atoms with Gasteiger partial charge in [0, 0.05) is 12.8 Å². The number of rotatable bonds is 12. The van der Waals surface area contributed by atoms with E-state index in [9.17, 15) is 10.2 Å². The molecular weight excluding hydrogens is 400 g/mol. The number of unbranched alkanes of at least 4 members (excludes halogenated alkanes) is 6. The van der Waals surface area contributed by atoms with Crippen molar-refractivity contribution < 1.29 is 10.2 Å². The summed E-state index contributed by atoms with van der Waals surface area (Å²) >= 11 is 1.78. The van der Waals surface area contributed by atoms with Crippen LogP contribution in [0.4, 0.5) is 0 Å². The van der Waals surface area contributed by atoms with Crippen molar-refractivity contribution in [2.75, 3.05) is 11.5 Å². The quantitative estimate of drug-likeness (QED) is 0.287. The van der Waals surface area contributed by atoms with Gasteiger partial charge in [0.25, 0.3) is 0 Å². The fourth-order valence-corrected chi connectivity index (χ4v) is 3.80. The molecule has 0 amide bonds. The molecule has 0 aliphatic carbocycles. The summed E-state index contributed by atoms with van der Waals surface area (Å²) < 4.78 is 0. The number of benzene rings is 2. The first-order chi connectivity index (χ1) is 15.3. The minimum Gasteiger partial charge on any atom is -0.508 e. The van der Waals surface area contributed by atoms with E-state index in [0.29, 0.717) is 11.5 Å². The first-order valence-corrected chi connectivity index (χ1v) is 12.5. The molecule has 0 saturated heterocycles. The molecule has 3 heteroatoms. The molecule has 31 heavy (non-hydrogen) atoms. The molecule has 0 atom stereocenters. The van der Waals surface area contributed by atoms with Crippen molar-refractivity contribution in [3.8, 4) is 35.2 Å². The summed E-state index contributed by atoms with van der Waals surface area (Å²) in [6.45, 7) is 0. The van der Waals surface area contributed by atoms with Crippen LogP contribution in [0.15, 0.2) is 48.5 Å². The summed E-state index contributed by atoms with van der Waals surface area (Å²) in [5.41, 5.74) is 2.08. The number of aryl methyl sites for hydroxylation is 2. The largest absolute Gasteiger partial charge is 0.508 e. The molecule has 2 N–H and O–H groups in total. The first kappa shape index (κ1) is 24.8. The molecule has 0 heterocycles. The zero-order valence-corrected chi connectivity index (χ0v) is 19.2. The SMILES string of the molecule is Oc1ccccc1CCCCCC#CCSCC#CCCCCCc1ccccc1O. The van der Waals surface area contributed by atoms with Gasteiger partial charge in [-0.1, -0.05) is 61.1 Å². The van der Waals surface area contributed by atoms with E-state index in [1.165, 1.54) is 0 Å². The van der Waals surface area contributed by atoms with Gasteiger partial charge in [-0.3, -0.25) is 0 Å². The fourth-order valence-electron chi connectivity index (χ4n) is 3.29. The van der Waals surface area contributed by atoms with Gasteiger partial charge < -0.3 is 10.2 Å². The summed E-state index contributed by atoms with van der Waals surface area (Å²) in [7, 11) is 0. The molecule has 0 bridgehead atoms. The van der Waals surface area contributed by atoms with Crippen molar-refractivity contribution in [1.29, 1.82) is 0 Å². The molecule has 0 radical (unpaired) electrons. The van der Waals surface area contributed by atoms with E-state index in [1.807, 2.05) is 36.4 Å². The monoisotopic (exact) mass is 434 g/mol. The Morgan fingerprint density at radius 2 is 1.00 bits per heavy atom. The number of aromatic hydroxyl groups is 2. The molecule has 0 aromatic heterocycles. The van der Waals surface area contributed by atoms with Crippen LogP contribution in [0.2, 0.25) is 0 Å². The number of hydrogen-bond donors (Lipinski definition) is 2. The number of para-hydroxylation sites is 2. The van der Waals surface area contributed by atoms with Gasteiger partial charge in [0.15, 0.2) is 0 Å². The molecule has 0 saturated carbocycles. The van der Waals surface area contributed by atoms with E-state index < -0.39 is 0 Å².